The van der Waals surface area contributed by atoms with Gasteiger partial charge in [0.25, 0.3) is 5.91 Å². The molecule has 3 atom stereocenters. The molecule has 5 rings (SSSR count). The highest BCUT2D eigenvalue weighted by molar-refractivity contribution is 9.10. The number of carbonyl (C=O) groups excluding carboxylic acids is 2. The number of ether oxygens (including phenoxy) is 1. The third-order valence-electron chi connectivity index (χ3n) is 5.91. The van der Waals surface area contributed by atoms with Crippen LogP contribution in [0.1, 0.15) is 17.2 Å². The molecule has 0 saturated carbocycles. The maximum absolute atomic E-state index is 13.6. The van der Waals surface area contributed by atoms with Gasteiger partial charge >= 0.3 is 0 Å². The number of nitrogens with zero attached hydrogens (tertiary/aromatic N) is 2. The highest BCUT2D eigenvalue weighted by atomic mass is 79.9. The number of methoxy groups -OCH3 is 1. The fourth-order valence-electron chi connectivity index (χ4n) is 4.36. The van der Waals surface area contributed by atoms with Crippen molar-refractivity contribution in [2.75, 3.05) is 17.1 Å². The van der Waals surface area contributed by atoms with Crippen LogP contribution in [-0.4, -0.2) is 25.0 Å². The first kappa shape index (κ1) is 20.7. The van der Waals surface area contributed by atoms with E-state index >= 15 is 0 Å². The van der Waals surface area contributed by atoms with Gasteiger partial charge in [-0.05, 0) is 42.8 Å². The molecule has 0 unspecified atom stereocenters. The number of hydrogen-bond acceptors (Lipinski definition) is 5. The van der Waals surface area contributed by atoms with E-state index in [1.165, 1.54) is 4.90 Å². The van der Waals surface area contributed by atoms with Crippen molar-refractivity contribution >= 4 is 39.1 Å². The second-order valence-corrected chi connectivity index (χ2v) is 8.84. The number of rotatable bonds is 4. The number of fused-ring (bicyclic) bond motifs is 1. The van der Waals surface area contributed by atoms with Crippen molar-refractivity contribution in [1.82, 2.24) is 0 Å². The molecular formula is C25H21BrN2O4. The zero-order chi connectivity index (χ0) is 22.4. The average Bonchev–Trinajstić information content (AvgIpc) is 3.30. The molecule has 6 nitrogen and oxygen atoms in total. The summed E-state index contributed by atoms with van der Waals surface area (Å²) in [6.45, 7) is 2.01. The molecular weight excluding hydrogens is 472 g/mol. The molecule has 2 amide bonds. The van der Waals surface area contributed by atoms with Crippen LogP contribution in [0, 0.1) is 12.8 Å². The summed E-state index contributed by atoms with van der Waals surface area (Å²) >= 11 is 3.50. The van der Waals surface area contributed by atoms with Gasteiger partial charge < -0.3 is 4.74 Å². The molecule has 2 heterocycles. The molecule has 2 aliphatic heterocycles. The lowest BCUT2D eigenvalue weighted by molar-refractivity contribution is -0.126. The largest absolute Gasteiger partial charge is 0.497 e. The lowest BCUT2D eigenvalue weighted by Gasteiger charge is -2.29. The lowest BCUT2D eigenvalue weighted by atomic mass is 9.90. The van der Waals surface area contributed by atoms with E-state index in [2.05, 4.69) is 15.9 Å². The Kier molecular flexibility index (Phi) is 5.23. The Morgan fingerprint density at radius 2 is 1.62 bits per heavy atom. The van der Waals surface area contributed by atoms with Gasteiger partial charge in [0.1, 0.15) is 11.7 Å². The van der Waals surface area contributed by atoms with Gasteiger partial charge in [-0.25, -0.2) is 9.96 Å². The Morgan fingerprint density at radius 3 is 2.34 bits per heavy atom. The predicted molar refractivity (Wildman–Crippen MR) is 124 cm³/mol. The first-order valence-corrected chi connectivity index (χ1v) is 11.1. The van der Waals surface area contributed by atoms with Crippen molar-refractivity contribution in [3.8, 4) is 5.75 Å². The Morgan fingerprint density at radius 1 is 0.906 bits per heavy atom. The number of aryl methyl sites for hydroxylation is 1. The molecule has 0 radical (unpaired) electrons. The van der Waals surface area contributed by atoms with Crippen molar-refractivity contribution in [3.63, 3.8) is 0 Å². The quantitative estimate of drug-likeness (QED) is 0.488. The molecule has 0 bridgehead atoms. The van der Waals surface area contributed by atoms with Crippen molar-refractivity contribution in [2.24, 2.45) is 5.92 Å². The topological polar surface area (TPSA) is 59.1 Å². The van der Waals surface area contributed by atoms with Crippen molar-refractivity contribution < 1.29 is 19.2 Å². The van der Waals surface area contributed by atoms with Crippen LogP contribution in [0.25, 0.3) is 0 Å². The first-order valence-electron chi connectivity index (χ1n) is 10.3. The molecule has 0 N–H and O–H groups in total. The van der Waals surface area contributed by atoms with Gasteiger partial charge in [-0.3, -0.25) is 14.4 Å². The van der Waals surface area contributed by atoms with E-state index in [0.717, 1.165) is 21.3 Å². The fraction of sp³-hybridized carbons (Fsp3) is 0.200. The Hall–Kier alpha value is -3.16. The number of imide groups is 1. The van der Waals surface area contributed by atoms with Gasteiger partial charge in [-0.15, -0.1) is 0 Å². The van der Waals surface area contributed by atoms with Crippen LogP contribution >= 0.6 is 15.9 Å². The number of anilines is 2. The van der Waals surface area contributed by atoms with Gasteiger partial charge in [0.05, 0.1) is 24.5 Å². The van der Waals surface area contributed by atoms with Gasteiger partial charge in [0.2, 0.25) is 5.91 Å². The van der Waals surface area contributed by atoms with Crippen LogP contribution in [-0.2, 0) is 14.4 Å². The van der Waals surface area contributed by atoms with E-state index in [-0.39, 0.29) is 11.8 Å². The standard InChI is InChI=1S/C25H21BrN2O4/c1-15-9-11-16(12-10-15)22-21-23(32-28(22)19-7-3-5-17(26)13-19)25(30)27(24(21)29)18-6-4-8-20(14-18)31-2/h3-14,21-23H,1-2H3/t21-,22-,23+/m1/s1. The van der Waals surface area contributed by atoms with Crippen molar-refractivity contribution in [1.29, 1.82) is 0 Å². The van der Waals surface area contributed by atoms with Crippen molar-refractivity contribution in [3.05, 3.63) is 88.4 Å². The smallest absolute Gasteiger partial charge is 0.266 e. The van der Waals surface area contributed by atoms with Gasteiger partial charge in [0, 0.05) is 10.5 Å². The molecule has 7 heteroatoms. The van der Waals surface area contributed by atoms with Crippen molar-refractivity contribution in [2.45, 2.75) is 19.1 Å². The van der Waals surface area contributed by atoms with Crippen LogP contribution in [0.15, 0.2) is 77.3 Å². The van der Waals surface area contributed by atoms with E-state index in [0.29, 0.717) is 11.4 Å². The molecule has 162 valence electrons. The first-order chi connectivity index (χ1) is 15.5. The monoisotopic (exact) mass is 492 g/mol. The predicted octanol–water partition coefficient (Wildman–Crippen LogP) is 4.82. The molecule has 0 aliphatic carbocycles. The molecule has 0 spiro atoms. The van der Waals surface area contributed by atoms with Gasteiger partial charge in [-0.1, -0.05) is 57.9 Å². The maximum Gasteiger partial charge on any atom is 0.266 e. The van der Waals surface area contributed by atoms with E-state index < -0.39 is 18.1 Å². The number of amides is 2. The maximum atomic E-state index is 13.6. The van der Waals surface area contributed by atoms with Crippen LogP contribution in [0.3, 0.4) is 0 Å². The summed E-state index contributed by atoms with van der Waals surface area (Å²) in [4.78, 5) is 34.4. The van der Waals surface area contributed by atoms with E-state index in [1.807, 2.05) is 55.5 Å². The van der Waals surface area contributed by atoms with Gasteiger partial charge in [-0.2, -0.15) is 0 Å². The second kappa shape index (κ2) is 8.07. The number of hydrogen-bond donors (Lipinski definition) is 0. The minimum atomic E-state index is -0.904. The zero-order valence-electron chi connectivity index (χ0n) is 17.6. The zero-order valence-corrected chi connectivity index (χ0v) is 19.2. The van der Waals surface area contributed by atoms with Crippen LogP contribution in [0.2, 0.25) is 0 Å². The third kappa shape index (κ3) is 3.38. The van der Waals surface area contributed by atoms with E-state index in [9.17, 15) is 9.59 Å². The minimum absolute atomic E-state index is 0.281. The van der Waals surface area contributed by atoms with Crippen LogP contribution in [0.5, 0.6) is 5.75 Å². The molecule has 32 heavy (non-hydrogen) atoms. The van der Waals surface area contributed by atoms with Gasteiger partial charge in [0.15, 0.2) is 6.10 Å². The second-order valence-electron chi connectivity index (χ2n) is 7.93. The lowest BCUT2D eigenvalue weighted by Crippen LogP contribution is -2.37. The summed E-state index contributed by atoms with van der Waals surface area (Å²) in [5.41, 5.74) is 3.28. The van der Waals surface area contributed by atoms with Crippen LogP contribution < -0.4 is 14.7 Å². The van der Waals surface area contributed by atoms with Crippen LogP contribution in [0.4, 0.5) is 11.4 Å². The van der Waals surface area contributed by atoms with E-state index in [1.54, 1.807) is 36.4 Å². The van der Waals surface area contributed by atoms with E-state index in [4.69, 9.17) is 9.57 Å². The summed E-state index contributed by atoms with van der Waals surface area (Å²) in [5.74, 6) is -0.749. The molecule has 0 aromatic heterocycles. The summed E-state index contributed by atoms with van der Waals surface area (Å²) in [7, 11) is 1.55. The SMILES string of the molecule is COc1cccc(N2C(=O)[C@H]3[C@H](ON(c4cccc(Br)c4)[C@@H]3c3ccc(C)cc3)C2=O)c1. The number of hydroxylamine groups is 1. The molecule has 2 saturated heterocycles. The Labute approximate surface area is 194 Å². The highest BCUT2D eigenvalue weighted by Crippen LogP contribution is 2.48. The average molecular weight is 493 g/mol. The number of carbonyl (C=O) groups is 2. The normalized spacial score (nSPS) is 22.4. The molecule has 3 aromatic rings. The summed E-state index contributed by atoms with van der Waals surface area (Å²) in [6, 6.07) is 22.1. The number of halogens is 1. The highest BCUT2D eigenvalue weighted by Gasteiger charge is 2.60. The Balaban J connectivity index is 1.58. The minimum Gasteiger partial charge on any atom is -0.497 e. The summed E-state index contributed by atoms with van der Waals surface area (Å²) in [6.07, 6.45) is -0.904. The Bertz CT molecular complexity index is 1200. The summed E-state index contributed by atoms with van der Waals surface area (Å²) in [5, 5.41) is 1.70. The molecule has 2 fully saturated rings. The fourth-order valence-corrected chi connectivity index (χ4v) is 4.75. The third-order valence-corrected chi connectivity index (χ3v) is 6.40. The number of benzene rings is 3. The summed E-state index contributed by atoms with van der Waals surface area (Å²) < 4.78 is 6.16. The molecule has 3 aromatic carbocycles. The molecule has 2 aliphatic rings.